The Morgan fingerprint density at radius 1 is 1.10 bits per heavy atom. The summed E-state index contributed by atoms with van der Waals surface area (Å²) in [5.41, 5.74) is 5.67. The van der Waals surface area contributed by atoms with Crippen molar-refractivity contribution in [3.8, 4) is 0 Å². The molecule has 1 aliphatic heterocycles. The molecule has 0 bridgehead atoms. The van der Waals surface area contributed by atoms with E-state index in [-0.39, 0.29) is 11.4 Å². The van der Waals surface area contributed by atoms with Crippen molar-refractivity contribution in [1.82, 2.24) is 15.3 Å². The Kier molecular flexibility index (Phi) is 5.14. The van der Waals surface area contributed by atoms with Crippen LogP contribution in [0.2, 0.25) is 5.02 Å². The van der Waals surface area contributed by atoms with E-state index >= 15 is 0 Å². The van der Waals surface area contributed by atoms with Gasteiger partial charge in [0, 0.05) is 23.3 Å². The SMILES string of the molecule is Cc1cncc(N2CCCc3nc(C4(NC(=O)c5ccc(Cl)cc5)CCC4)ccc32)c1. The fourth-order valence-corrected chi connectivity index (χ4v) is 4.66. The Bertz CT molecular complexity index is 1120. The lowest BCUT2D eigenvalue weighted by molar-refractivity contribution is 0.0816. The smallest absolute Gasteiger partial charge is 0.252 e. The number of hydrogen-bond acceptors (Lipinski definition) is 4. The first kappa shape index (κ1) is 20.0. The van der Waals surface area contributed by atoms with Gasteiger partial charge in [0.2, 0.25) is 0 Å². The van der Waals surface area contributed by atoms with Crippen molar-refractivity contribution in [3.63, 3.8) is 0 Å². The van der Waals surface area contributed by atoms with Gasteiger partial charge < -0.3 is 10.2 Å². The molecule has 31 heavy (non-hydrogen) atoms. The summed E-state index contributed by atoms with van der Waals surface area (Å²) in [6.07, 6.45) is 8.67. The number of anilines is 2. The Morgan fingerprint density at radius 3 is 2.61 bits per heavy atom. The second kappa shape index (κ2) is 7.97. The molecule has 0 spiro atoms. The molecule has 1 aliphatic carbocycles. The molecule has 5 nitrogen and oxygen atoms in total. The highest BCUT2D eigenvalue weighted by Crippen LogP contribution is 2.42. The van der Waals surface area contributed by atoms with E-state index in [1.807, 2.05) is 12.4 Å². The van der Waals surface area contributed by atoms with Crippen molar-refractivity contribution < 1.29 is 4.79 Å². The average molecular weight is 433 g/mol. The minimum absolute atomic E-state index is 0.0802. The number of hydrogen-bond donors (Lipinski definition) is 1. The van der Waals surface area contributed by atoms with Crippen LogP contribution >= 0.6 is 11.6 Å². The van der Waals surface area contributed by atoms with E-state index in [9.17, 15) is 4.79 Å². The van der Waals surface area contributed by atoms with E-state index in [1.165, 1.54) is 0 Å². The number of carbonyl (C=O) groups is 1. The van der Waals surface area contributed by atoms with E-state index in [1.54, 1.807) is 24.3 Å². The van der Waals surface area contributed by atoms with Crippen LogP contribution in [0.15, 0.2) is 54.9 Å². The number of rotatable bonds is 4. The highest BCUT2D eigenvalue weighted by molar-refractivity contribution is 6.30. The molecule has 5 rings (SSSR count). The molecule has 1 N–H and O–H groups in total. The zero-order valence-corrected chi connectivity index (χ0v) is 18.3. The van der Waals surface area contributed by atoms with Crippen molar-refractivity contribution in [2.75, 3.05) is 11.4 Å². The Balaban J connectivity index is 1.44. The van der Waals surface area contributed by atoms with Crippen molar-refractivity contribution >= 4 is 28.9 Å². The standard InChI is InChI=1S/C25H25ClN4O/c1-17-14-20(16-27-15-17)30-13-2-4-21-22(30)9-10-23(28-21)25(11-3-12-25)29-24(31)18-5-7-19(26)8-6-18/h5-10,14-16H,2-4,11-13H2,1H3,(H,29,31). The number of aromatic nitrogens is 2. The third kappa shape index (κ3) is 3.79. The number of amides is 1. The Labute approximate surface area is 187 Å². The molecule has 1 aromatic carbocycles. The van der Waals surface area contributed by atoms with Crippen LogP contribution in [-0.2, 0) is 12.0 Å². The quantitative estimate of drug-likeness (QED) is 0.605. The number of carbonyl (C=O) groups excluding carboxylic acids is 1. The highest BCUT2D eigenvalue weighted by Gasteiger charge is 2.42. The minimum atomic E-state index is -0.390. The lowest BCUT2D eigenvalue weighted by Gasteiger charge is -2.43. The van der Waals surface area contributed by atoms with Gasteiger partial charge in [-0.3, -0.25) is 14.8 Å². The molecule has 1 saturated carbocycles. The van der Waals surface area contributed by atoms with Gasteiger partial charge in [-0.1, -0.05) is 11.6 Å². The molecular weight excluding hydrogens is 408 g/mol. The largest absolute Gasteiger partial charge is 0.341 e. The predicted molar refractivity (Wildman–Crippen MR) is 123 cm³/mol. The third-order valence-electron chi connectivity index (χ3n) is 6.37. The van der Waals surface area contributed by atoms with Gasteiger partial charge >= 0.3 is 0 Å². The van der Waals surface area contributed by atoms with Crippen LogP contribution < -0.4 is 10.2 Å². The molecule has 3 aromatic rings. The van der Waals surface area contributed by atoms with E-state index in [2.05, 4.69) is 40.3 Å². The number of nitrogens with zero attached hydrogens (tertiary/aromatic N) is 3. The maximum atomic E-state index is 12.9. The van der Waals surface area contributed by atoms with Gasteiger partial charge in [0.25, 0.3) is 5.91 Å². The molecule has 0 saturated heterocycles. The van der Waals surface area contributed by atoms with Crippen LogP contribution in [0.3, 0.4) is 0 Å². The van der Waals surface area contributed by atoms with Crippen molar-refractivity contribution in [2.24, 2.45) is 0 Å². The summed E-state index contributed by atoms with van der Waals surface area (Å²) < 4.78 is 0. The van der Waals surface area contributed by atoms with Gasteiger partial charge in [-0.25, -0.2) is 0 Å². The van der Waals surface area contributed by atoms with Gasteiger partial charge in [-0.05, 0) is 87.1 Å². The summed E-state index contributed by atoms with van der Waals surface area (Å²) in [5.74, 6) is -0.0802. The van der Waals surface area contributed by atoms with Gasteiger partial charge in [0.15, 0.2) is 0 Å². The summed E-state index contributed by atoms with van der Waals surface area (Å²) in [7, 11) is 0. The van der Waals surface area contributed by atoms with Crippen LogP contribution in [0, 0.1) is 6.92 Å². The third-order valence-corrected chi connectivity index (χ3v) is 6.62. The summed E-state index contributed by atoms with van der Waals surface area (Å²) in [6, 6.07) is 13.4. The van der Waals surface area contributed by atoms with Gasteiger partial charge in [-0.2, -0.15) is 0 Å². The average Bonchev–Trinajstić information content (AvgIpc) is 2.76. The summed E-state index contributed by atoms with van der Waals surface area (Å²) >= 11 is 5.97. The lowest BCUT2D eigenvalue weighted by Crippen LogP contribution is -2.51. The zero-order valence-electron chi connectivity index (χ0n) is 17.6. The van der Waals surface area contributed by atoms with Crippen molar-refractivity contribution in [3.05, 3.63) is 82.4 Å². The second-order valence-corrected chi connectivity index (χ2v) is 8.97. The summed E-state index contributed by atoms with van der Waals surface area (Å²) in [4.78, 5) is 24.6. The molecule has 2 aromatic heterocycles. The van der Waals surface area contributed by atoms with Crippen LogP contribution in [0.5, 0.6) is 0 Å². The molecule has 6 heteroatoms. The fraction of sp³-hybridized carbons (Fsp3) is 0.320. The van der Waals surface area contributed by atoms with Crippen LogP contribution in [-0.4, -0.2) is 22.4 Å². The number of aryl methyl sites for hydroxylation is 2. The topological polar surface area (TPSA) is 58.1 Å². The summed E-state index contributed by atoms with van der Waals surface area (Å²) in [6.45, 7) is 3.02. The Morgan fingerprint density at radius 2 is 1.90 bits per heavy atom. The summed E-state index contributed by atoms with van der Waals surface area (Å²) in [5, 5.41) is 3.90. The molecule has 0 atom stereocenters. The number of fused-ring (bicyclic) bond motifs is 1. The van der Waals surface area contributed by atoms with E-state index in [0.29, 0.717) is 10.6 Å². The first-order chi connectivity index (χ1) is 15.0. The van der Waals surface area contributed by atoms with Crippen molar-refractivity contribution in [1.29, 1.82) is 0 Å². The molecule has 0 unspecified atom stereocenters. The monoisotopic (exact) mass is 432 g/mol. The molecule has 3 heterocycles. The van der Waals surface area contributed by atoms with E-state index in [0.717, 1.165) is 67.0 Å². The zero-order chi connectivity index (χ0) is 21.4. The number of nitrogens with one attached hydrogen (secondary N) is 1. The molecule has 158 valence electrons. The second-order valence-electron chi connectivity index (χ2n) is 8.53. The van der Waals surface area contributed by atoms with Gasteiger partial charge in [-0.15, -0.1) is 0 Å². The van der Waals surface area contributed by atoms with E-state index < -0.39 is 0 Å². The van der Waals surface area contributed by atoms with Crippen LogP contribution in [0.1, 0.15) is 53.0 Å². The fourth-order valence-electron chi connectivity index (χ4n) is 4.54. The van der Waals surface area contributed by atoms with Crippen LogP contribution in [0.25, 0.3) is 0 Å². The van der Waals surface area contributed by atoms with Crippen molar-refractivity contribution in [2.45, 2.75) is 44.6 Å². The molecule has 1 amide bonds. The molecule has 0 radical (unpaired) electrons. The number of halogens is 1. The maximum absolute atomic E-state index is 12.9. The first-order valence-electron chi connectivity index (χ1n) is 10.8. The van der Waals surface area contributed by atoms with Gasteiger partial charge in [0.05, 0.1) is 34.5 Å². The minimum Gasteiger partial charge on any atom is -0.341 e. The molecule has 2 aliphatic rings. The lowest BCUT2D eigenvalue weighted by atomic mass is 9.73. The van der Waals surface area contributed by atoms with Gasteiger partial charge in [0.1, 0.15) is 0 Å². The predicted octanol–water partition coefficient (Wildman–Crippen LogP) is 5.33. The molecular formula is C25H25ClN4O. The Hall–Kier alpha value is -2.92. The van der Waals surface area contributed by atoms with Crippen LogP contribution in [0.4, 0.5) is 11.4 Å². The molecule has 1 fully saturated rings. The normalized spacial score (nSPS) is 16.9. The highest BCUT2D eigenvalue weighted by atomic mass is 35.5. The first-order valence-corrected chi connectivity index (χ1v) is 11.2. The van der Waals surface area contributed by atoms with E-state index in [4.69, 9.17) is 16.6 Å². The number of pyridine rings is 2. The number of benzene rings is 1. The maximum Gasteiger partial charge on any atom is 0.252 e.